The van der Waals surface area contributed by atoms with Crippen molar-refractivity contribution in [2.75, 3.05) is 36.5 Å². The number of amidine groups is 1. The molecule has 0 spiro atoms. The molecule has 3 aliphatic rings. The molecule has 0 bridgehead atoms. The van der Waals surface area contributed by atoms with Crippen molar-refractivity contribution < 1.29 is 14.3 Å². The van der Waals surface area contributed by atoms with Gasteiger partial charge in [0.2, 0.25) is 5.91 Å². The summed E-state index contributed by atoms with van der Waals surface area (Å²) in [5.41, 5.74) is 4.03. The van der Waals surface area contributed by atoms with Gasteiger partial charge in [0.05, 0.1) is 34.3 Å². The highest BCUT2D eigenvalue weighted by Gasteiger charge is 2.26. The Hall–Kier alpha value is -3.40. The average molecular weight is 548 g/mol. The summed E-state index contributed by atoms with van der Waals surface area (Å²) < 4.78 is 5.51. The molecule has 3 aromatic rings. The minimum Gasteiger partial charge on any atom is -0.378 e. The highest BCUT2D eigenvalue weighted by Crippen LogP contribution is 2.34. The van der Waals surface area contributed by atoms with Gasteiger partial charge in [0.25, 0.3) is 5.91 Å². The Kier molecular flexibility index (Phi) is 7.06. The number of carbonyl (C=O) groups is 2. The van der Waals surface area contributed by atoms with Gasteiger partial charge in [0, 0.05) is 42.0 Å². The van der Waals surface area contributed by atoms with Gasteiger partial charge in [-0.15, -0.1) is 0 Å². The van der Waals surface area contributed by atoms with Crippen LogP contribution < -0.4 is 15.5 Å². The Morgan fingerprint density at radius 1 is 1.18 bits per heavy atom. The number of ether oxygens (including phenoxy) is 1. The Morgan fingerprint density at radius 2 is 2.03 bits per heavy atom. The lowest BCUT2D eigenvalue weighted by atomic mass is 9.85. The molecule has 2 aliphatic heterocycles. The van der Waals surface area contributed by atoms with E-state index in [4.69, 9.17) is 16.3 Å². The van der Waals surface area contributed by atoms with Crippen molar-refractivity contribution in [2.45, 2.75) is 19.3 Å². The molecule has 2 amide bonds. The third kappa shape index (κ3) is 5.27. The van der Waals surface area contributed by atoms with Gasteiger partial charge in [-0.05, 0) is 72.6 Å². The number of anilines is 2. The number of aromatic nitrogens is 1. The number of rotatable bonds is 5. The summed E-state index contributed by atoms with van der Waals surface area (Å²) in [7, 11) is 0. The number of morpholine rings is 1. The molecule has 3 heterocycles. The number of thioether (sulfide) groups is 1. The fourth-order valence-electron chi connectivity index (χ4n) is 4.65. The summed E-state index contributed by atoms with van der Waals surface area (Å²) in [6.45, 7) is 3.06. The minimum absolute atomic E-state index is 0.0216. The van der Waals surface area contributed by atoms with Crippen LogP contribution in [0.3, 0.4) is 0 Å². The fraction of sp³-hybridized carbons (Fsp3) is 0.286. The Morgan fingerprint density at radius 3 is 2.82 bits per heavy atom. The zero-order valence-corrected chi connectivity index (χ0v) is 22.1. The molecule has 6 rings (SSSR count). The zero-order chi connectivity index (χ0) is 26.1. The first kappa shape index (κ1) is 24.9. The number of hydrogen-bond acceptors (Lipinski definition) is 7. The van der Waals surface area contributed by atoms with Crippen molar-refractivity contribution in [3.8, 4) is 0 Å². The fourth-order valence-corrected chi connectivity index (χ4v) is 5.65. The molecule has 1 aromatic heterocycles. The van der Waals surface area contributed by atoms with Crippen LogP contribution in [0.15, 0.2) is 58.6 Å². The topological polar surface area (TPSA) is 95.9 Å². The SMILES string of the molecule is O=C1NC(=Nc2cc(NC(=O)C3CCC3)ccc2Cl)SC1=Cc1ccc2nccc(N3CCOCC3)c2c1. The van der Waals surface area contributed by atoms with Gasteiger partial charge < -0.3 is 20.3 Å². The molecule has 2 N–H and O–H groups in total. The maximum absolute atomic E-state index is 12.8. The van der Waals surface area contributed by atoms with Crippen molar-refractivity contribution >= 4 is 74.4 Å². The van der Waals surface area contributed by atoms with Crippen LogP contribution in [0, 0.1) is 5.92 Å². The summed E-state index contributed by atoms with van der Waals surface area (Å²) in [5, 5.41) is 7.67. The molecule has 10 heteroatoms. The first-order valence-electron chi connectivity index (χ1n) is 12.6. The average Bonchev–Trinajstić information content (AvgIpc) is 3.23. The van der Waals surface area contributed by atoms with E-state index in [9.17, 15) is 9.59 Å². The van der Waals surface area contributed by atoms with E-state index >= 15 is 0 Å². The first-order valence-corrected chi connectivity index (χ1v) is 13.8. The van der Waals surface area contributed by atoms with Gasteiger partial charge in [-0.1, -0.05) is 24.1 Å². The van der Waals surface area contributed by atoms with Crippen molar-refractivity contribution in [3.63, 3.8) is 0 Å². The van der Waals surface area contributed by atoms with Crippen LogP contribution in [0.2, 0.25) is 5.02 Å². The summed E-state index contributed by atoms with van der Waals surface area (Å²) in [4.78, 5) is 37.0. The maximum atomic E-state index is 12.8. The van der Waals surface area contributed by atoms with Crippen LogP contribution in [0.1, 0.15) is 24.8 Å². The number of pyridine rings is 1. The van der Waals surface area contributed by atoms with E-state index in [1.54, 1.807) is 18.2 Å². The van der Waals surface area contributed by atoms with E-state index in [0.717, 1.165) is 54.5 Å². The molecule has 1 saturated carbocycles. The summed E-state index contributed by atoms with van der Waals surface area (Å²) in [5.74, 6) is -0.124. The van der Waals surface area contributed by atoms with Crippen LogP contribution >= 0.6 is 23.4 Å². The number of halogens is 1. The third-order valence-electron chi connectivity index (χ3n) is 6.95. The van der Waals surface area contributed by atoms with Gasteiger partial charge in [-0.3, -0.25) is 14.6 Å². The van der Waals surface area contributed by atoms with Gasteiger partial charge in [0.1, 0.15) is 0 Å². The highest BCUT2D eigenvalue weighted by atomic mass is 35.5. The quantitative estimate of drug-likeness (QED) is 0.418. The molecule has 38 heavy (non-hydrogen) atoms. The Bertz CT molecular complexity index is 1480. The van der Waals surface area contributed by atoms with Crippen molar-refractivity contribution in [2.24, 2.45) is 10.9 Å². The molecular formula is C28H26ClN5O3S. The van der Waals surface area contributed by atoms with Gasteiger partial charge >= 0.3 is 0 Å². The molecule has 1 aliphatic carbocycles. The van der Waals surface area contributed by atoms with Crippen LogP contribution in [0.5, 0.6) is 0 Å². The number of carbonyl (C=O) groups excluding carboxylic acids is 2. The molecule has 3 fully saturated rings. The largest absolute Gasteiger partial charge is 0.378 e. The molecule has 8 nitrogen and oxygen atoms in total. The van der Waals surface area contributed by atoms with Gasteiger partial charge in [-0.25, -0.2) is 4.99 Å². The van der Waals surface area contributed by atoms with Crippen molar-refractivity contribution in [1.82, 2.24) is 10.3 Å². The monoisotopic (exact) mass is 547 g/mol. The Balaban J connectivity index is 1.23. The third-order valence-corrected chi connectivity index (χ3v) is 8.18. The molecule has 2 saturated heterocycles. The second-order valence-electron chi connectivity index (χ2n) is 9.47. The van der Waals surface area contributed by atoms with Crippen LogP contribution in [-0.4, -0.2) is 48.3 Å². The van der Waals surface area contributed by atoms with Crippen molar-refractivity contribution in [3.05, 3.63) is 64.2 Å². The predicted molar refractivity (Wildman–Crippen MR) is 153 cm³/mol. The molecule has 194 valence electrons. The number of aliphatic imine (C=N–C) groups is 1. The smallest absolute Gasteiger partial charge is 0.264 e. The zero-order valence-electron chi connectivity index (χ0n) is 20.6. The van der Waals surface area contributed by atoms with Gasteiger partial charge in [-0.2, -0.15) is 0 Å². The van der Waals surface area contributed by atoms with E-state index in [-0.39, 0.29) is 17.7 Å². The number of nitrogens with one attached hydrogen (secondary N) is 2. The predicted octanol–water partition coefficient (Wildman–Crippen LogP) is 5.36. The number of benzene rings is 2. The van der Waals surface area contributed by atoms with E-state index < -0.39 is 0 Å². The summed E-state index contributed by atoms with van der Waals surface area (Å²) >= 11 is 7.63. The second kappa shape index (κ2) is 10.8. The van der Waals surface area contributed by atoms with Crippen LogP contribution in [-0.2, 0) is 14.3 Å². The van der Waals surface area contributed by atoms with E-state index in [2.05, 4.69) is 31.6 Å². The minimum atomic E-state index is -0.223. The van der Waals surface area contributed by atoms with E-state index in [1.165, 1.54) is 11.8 Å². The molecule has 2 aromatic carbocycles. The molecular weight excluding hydrogens is 522 g/mol. The maximum Gasteiger partial charge on any atom is 0.264 e. The van der Waals surface area contributed by atoms with Crippen molar-refractivity contribution in [1.29, 1.82) is 0 Å². The Labute approximate surface area is 229 Å². The number of amides is 2. The number of hydrogen-bond donors (Lipinski definition) is 2. The lowest BCUT2D eigenvalue weighted by Gasteiger charge is -2.29. The van der Waals surface area contributed by atoms with Gasteiger partial charge in [0.15, 0.2) is 5.17 Å². The lowest BCUT2D eigenvalue weighted by Crippen LogP contribution is -2.36. The molecule has 0 unspecified atom stereocenters. The van der Waals surface area contributed by atoms with E-state index in [0.29, 0.717) is 39.7 Å². The first-order chi connectivity index (χ1) is 18.5. The normalized spacial score (nSPS) is 20.1. The second-order valence-corrected chi connectivity index (χ2v) is 10.9. The molecule has 0 radical (unpaired) electrons. The number of nitrogens with zero attached hydrogens (tertiary/aromatic N) is 3. The van der Waals surface area contributed by atoms with Crippen LogP contribution in [0.25, 0.3) is 17.0 Å². The summed E-state index contributed by atoms with van der Waals surface area (Å²) in [6.07, 6.45) is 6.63. The standard InChI is InChI=1S/C28H26ClN5O3S/c29-21-6-5-19(31-26(35)18-2-1-3-18)16-23(21)32-28-33-27(36)25(38-28)15-17-4-7-22-20(14-17)24(8-9-30-22)34-10-12-37-13-11-34/h4-9,14-16,18H,1-3,10-13H2,(H,31,35)(H,32,33,36). The summed E-state index contributed by atoms with van der Waals surface area (Å²) in [6, 6.07) is 13.2. The molecule has 0 atom stereocenters. The number of fused-ring (bicyclic) bond motifs is 1. The lowest BCUT2D eigenvalue weighted by molar-refractivity contribution is -0.122. The van der Waals surface area contributed by atoms with Crippen LogP contribution in [0.4, 0.5) is 17.1 Å². The highest BCUT2D eigenvalue weighted by molar-refractivity contribution is 8.18. The van der Waals surface area contributed by atoms with E-state index in [1.807, 2.05) is 30.5 Å².